The van der Waals surface area contributed by atoms with Crippen LogP contribution in [0.1, 0.15) is 18.2 Å². The summed E-state index contributed by atoms with van der Waals surface area (Å²) in [6.07, 6.45) is 0.677. The van der Waals surface area contributed by atoms with Gasteiger partial charge >= 0.3 is 0 Å². The molecule has 1 amide bonds. The molecule has 1 aromatic carbocycles. The monoisotopic (exact) mass is 411 g/mol. The molecule has 0 fully saturated rings. The van der Waals surface area contributed by atoms with Gasteiger partial charge in [-0.2, -0.15) is 5.10 Å². The van der Waals surface area contributed by atoms with Crippen LogP contribution in [0.4, 0.5) is 5.69 Å². The molecule has 0 bridgehead atoms. The fraction of sp³-hybridized carbons (Fsp3) is 0.200. The number of ether oxygens (including phenoxy) is 1. The number of amides is 1. The van der Waals surface area contributed by atoms with Gasteiger partial charge in [0.25, 0.3) is 11.6 Å². The zero-order valence-corrected chi connectivity index (χ0v) is 15.1. The minimum atomic E-state index is -0.500. The molecule has 126 valence electrons. The van der Waals surface area contributed by atoms with Crippen LogP contribution in [0.25, 0.3) is 0 Å². The van der Waals surface area contributed by atoms with E-state index in [1.165, 1.54) is 35.6 Å². The van der Waals surface area contributed by atoms with Crippen LogP contribution in [-0.2, 0) is 4.79 Å². The lowest BCUT2D eigenvalue weighted by molar-refractivity contribution is -0.384. The first kappa shape index (κ1) is 18.1. The highest BCUT2D eigenvalue weighted by molar-refractivity contribution is 9.11. The van der Waals surface area contributed by atoms with E-state index in [-0.39, 0.29) is 12.3 Å². The van der Waals surface area contributed by atoms with Gasteiger partial charge in [-0.3, -0.25) is 14.9 Å². The summed E-state index contributed by atoms with van der Waals surface area (Å²) in [5.41, 5.74) is 3.18. The van der Waals surface area contributed by atoms with E-state index in [0.717, 1.165) is 14.4 Å². The van der Waals surface area contributed by atoms with Crippen LogP contribution in [0.3, 0.4) is 0 Å². The molecule has 2 aromatic rings. The van der Waals surface area contributed by atoms with E-state index in [9.17, 15) is 14.9 Å². The van der Waals surface area contributed by atoms with Gasteiger partial charge in [-0.1, -0.05) is 6.92 Å². The van der Waals surface area contributed by atoms with Crippen molar-refractivity contribution in [2.75, 3.05) is 6.61 Å². The van der Waals surface area contributed by atoms with Gasteiger partial charge in [-0.05, 0) is 46.6 Å². The third-order valence-corrected chi connectivity index (χ3v) is 4.60. The average Bonchev–Trinajstić information content (AvgIpc) is 3.00. The summed E-state index contributed by atoms with van der Waals surface area (Å²) in [5.74, 6) is -0.0347. The number of nitrogens with one attached hydrogen (secondary N) is 1. The predicted octanol–water partition coefficient (Wildman–Crippen LogP) is 3.73. The van der Waals surface area contributed by atoms with Crippen LogP contribution < -0.4 is 10.2 Å². The maximum Gasteiger partial charge on any atom is 0.277 e. The Morgan fingerprint density at radius 1 is 1.33 bits per heavy atom. The lowest BCUT2D eigenvalue weighted by Crippen LogP contribution is -2.25. The van der Waals surface area contributed by atoms with E-state index in [0.29, 0.717) is 12.2 Å². The summed E-state index contributed by atoms with van der Waals surface area (Å²) in [7, 11) is 0. The summed E-state index contributed by atoms with van der Waals surface area (Å²) in [6, 6.07) is 9.36. The maximum absolute atomic E-state index is 11.8. The number of carbonyl (C=O) groups excluding carboxylic acids is 1. The van der Waals surface area contributed by atoms with Gasteiger partial charge in [-0.25, -0.2) is 5.43 Å². The standard InChI is InChI=1S/C15H14BrN3O4S/c1-2-12(13-7-8-14(16)24-13)17-18-15(20)9-23-11-5-3-10(4-6-11)19(21)22/h3-8H,2,9H2,1H3,(H,18,20)/b17-12+. The molecule has 1 N–H and O–H groups in total. The van der Waals surface area contributed by atoms with Crippen molar-refractivity contribution < 1.29 is 14.5 Å². The SMILES string of the molecule is CC/C(=N\NC(=O)COc1ccc([N+](=O)[O-])cc1)c1ccc(Br)s1. The minimum absolute atomic E-state index is 0.0360. The van der Waals surface area contributed by atoms with Crippen LogP contribution in [0.5, 0.6) is 5.75 Å². The van der Waals surface area contributed by atoms with E-state index in [2.05, 4.69) is 26.5 Å². The van der Waals surface area contributed by atoms with Crippen LogP contribution in [0.2, 0.25) is 0 Å². The first-order valence-corrected chi connectivity index (χ1v) is 8.59. The summed E-state index contributed by atoms with van der Waals surface area (Å²) >= 11 is 4.92. The molecule has 0 aliphatic carbocycles. The van der Waals surface area contributed by atoms with Crippen molar-refractivity contribution in [3.8, 4) is 5.75 Å². The van der Waals surface area contributed by atoms with Crippen molar-refractivity contribution in [1.82, 2.24) is 5.43 Å². The van der Waals surface area contributed by atoms with Crippen LogP contribution in [0, 0.1) is 10.1 Å². The molecule has 0 saturated heterocycles. The lowest BCUT2D eigenvalue weighted by Gasteiger charge is -2.06. The molecule has 0 atom stereocenters. The van der Waals surface area contributed by atoms with E-state index in [1.54, 1.807) is 0 Å². The Labute approximate surface area is 150 Å². The second-order valence-electron chi connectivity index (χ2n) is 4.59. The molecular weight excluding hydrogens is 398 g/mol. The summed E-state index contributed by atoms with van der Waals surface area (Å²) in [6.45, 7) is 1.72. The molecule has 0 aliphatic rings. The zero-order valence-electron chi connectivity index (χ0n) is 12.7. The first-order valence-electron chi connectivity index (χ1n) is 6.98. The molecule has 0 aliphatic heterocycles. The Hall–Kier alpha value is -2.26. The highest BCUT2D eigenvalue weighted by atomic mass is 79.9. The molecule has 0 saturated carbocycles. The topological polar surface area (TPSA) is 93.8 Å². The number of benzene rings is 1. The number of rotatable bonds is 7. The normalized spacial score (nSPS) is 11.2. The van der Waals surface area contributed by atoms with Crippen molar-refractivity contribution in [3.63, 3.8) is 0 Å². The number of hydrazone groups is 1. The number of nitro benzene ring substituents is 1. The zero-order chi connectivity index (χ0) is 17.5. The van der Waals surface area contributed by atoms with Crippen molar-refractivity contribution in [3.05, 3.63) is 55.2 Å². The van der Waals surface area contributed by atoms with Gasteiger partial charge in [0.05, 0.1) is 19.3 Å². The molecule has 1 aromatic heterocycles. The first-order chi connectivity index (χ1) is 11.5. The van der Waals surface area contributed by atoms with E-state index >= 15 is 0 Å². The average molecular weight is 412 g/mol. The highest BCUT2D eigenvalue weighted by Gasteiger charge is 2.08. The van der Waals surface area contributed by atoms with Crippen molar-refractivity contribution in [2.45, 2.75) is 13.3 Å². The fourth-order valence-corrected chi connectivity index (χ4v) is 3.20. The molecule has 0 unspecified atom stereocenters. The number of non-ortho nitro benzene ring substituents is 1. The Balaban J connectivity index is 1.88. The summed E-state index contributed by atoms with van der Waals surface area (Å²) in [4.78, 5) is 22.8. The van der Waals surface area contributed by atoms with E-state index in [1.807, 2.05) is 19.1 Å². The Morgan fingerprint density at radius 3 is 2.58 bits per heavy atom. The van der Waals surface area contributed by atoms with Gasteiger partial charge in [0.1, 0.15) is 5.75 Å². The maximum atomic E-state index is 11.8. The molecule has 1 heterocycles. The second-order valence-corrected chi connectivity index (χ2v) is 7.05. The number of nitro groups is 1. The summed E-state index contributed by atoms with van der Waals surface area (Å²) < 4.78 is 6.26. The van der Waals surface area contributed by atoms with Crippen LogP contribution in [-0.4, -0.2) is 23.1 Å². The quantitative estimate of drug-likeness (QED) is 0.426. The number of hydrogen-bond donors (Lipinski definition) is 1. The smallest absolute Gasteiger partial charge is 0.277 e. The molecule has 9 heteroatoms. The Morgan fingerprint density at radius 2 is 2.04 bits per heavy atom. The number of hydrogen-bond acceptors (Lipinski definition) is 6. The van der Waals surface area contributed by atoms with Crippen LogP contribution >= 0.6 is 27.3 Å². The number of halogens is 1. The van der Waals surface area contributed by atoms with Gasteiger partial charge in [-0.15, -0.1) is 11.3 Å². The van der Waals surface area contributed by atoms with Gasteiger partial charge in [0.2, 0.25) is 0 Å². The largest absolute Gasteiger partial charge is 0.484 e. The molecule has 24 heavy (non-hydrogen) atoms. The van der Waals surface area contributed by atoms with Crippen molar-refractivity contribution in [1.29, 1.82) is 0 Å². The predicted molar refractivity (Wildman–Crippen MR) is 95.6 cm³/mol. The number of nitrogens with zero attached hydrogens (tertiary/aromatic N) is 2. The van der Waals surface area contributed by atoms with E-state index < -0.39 is 10.8 Å². The van der Waals surface area contributed by atoms with Gasteiger partial charge in [0, 0.05) is 12.1 Å². The molecule has 0 spiro atoms. The van der Waals surface area contributed by atoms with Crippen molar-refractivity contribution >= 4 is 44.6 Å². The fourth-order valence-electron chi connectivity index (χ4n) is 1.75. The van der Waals surface area contributed by atoms with E-state index in [4.69, 9.17) is 4.74 Å². The molecule has 0 radical (unpaired) electrons. The molecule has 2 rings (SSSR count). The van der Waals surface area contributed by atoms with Gasteiger partial charge < -0.3 is 4.74 Å². The Kier molecular flexibility index (Phi) is 6.44. The third kappa shape index (κ3) is 5.14. The van der Waals surface area contributed by atoms with Gasteiger partial charge in [0.15, 0.2) is 6.61 Å². The number of carbonyl (C=O) groups is 1. The summed E-state index contributed by atoms with van der Waals surface area (Å²) in [5, 5.41) is 14.7. The lowest BCUT2D eigenvalue weighted by atomic mass is 10.2. The Bertz CT molecular complexity index is 758. The minimum Gasteiger partial charge on any atom is -0.484 e. The molecule has 7 nitrogen and oxygen atoms in total. The molecular formula is C15H14BrN3O4S. The third-order valence-electron chi connectivity index (χ3n) is 2.93. The number of thiophene rings is 1. The highest BCUT2D eigenvalue weighted by Crippen LogP contribution is 2.23. The van der Waals surface area contributed by atoms with Crippen LogP contribution in [0.15, 0.2) is 45.3 Å². The van der Waals surface area contributed by atoms with Crippen molar-refractivity contribution in [2.24, 2.45) is 5.10 Å². The second kappa shape index (κ2) is 8.55.